The van der Waals surface area contributed by atoms with E-state index >= 15 is 0 Å². The molecule has 0 saturated heterocycles. The first kappa shape index (κ1) is 13.5. The molecule has 0 spiro atoms. The van der Waals surface area contributed by atoms with Crippen LogP contribution in [0.3, 0.4) is 0 Å². The van der Waals surface area contributed by atoms with Gasteiger partial charge in [0.25, 0.3) is 0 Å². The standard InChI is InChI=1S/C17H19N3O/c1-12-5-3-6-13(11-12)16-15(19-20(2)17(16)18)9-8-14-7-4-10-21-14/h3-7,10-11H,8-9,18H2,1-2H3. The van der Waals surface area contributed by atoms with Crippen LogP contribution in [-0.4, -0.2) is 9.78 Å². The molecular formula is C17H19N3O. The Labute approximate surface area is 124 Å². The van der Waals surface area contributed by atoms with Gasteiger partial charge < -0.3 is 10.2 Å². The number of hydrogen-bond donors (Lipinski definition) is 1. The molecule has 0 aliphatic carbocycles. The molecule has 3 aromatic rings. The van der Waals surface area contributed by atoms with Gasteiger partial charge in [0.15, 0.2) is 0 Å². The SMILES string of the molecule is Cc1cccc(-c2c(CCc3ccco3)nn(C)c2N)c1. The molecule has 2 N–H and O–H groups in total. The van der Waals surface area contributed by atoms with E-state index in [4.69, 9.17) is 10.2 Å². The fraction of sp³-hybridized carbons (Fsp3) is 0.235. The van der Waals surface area contributed by atoms with E-state index in [-0.39, 0.29) is 0 Å². The normalized spacial score (nSPS) is 11.0. The summed E-state index contributed by atoms with van der Waals surface area (Å²) in [5.74, 6) is 1.67. The molecule has 0 saturated carbocycles. The van der Waals surface area contributed by atoms with Gasteiger partial charge in [-0.3, -0.25) is 4.68 Å². The Morgan fingerprint density at radius 2 is 2.05 bits per heavy atom. The van der Waals surface area contributed by atoms with Gasteiger partial charge in [-0.15, -0.1) is 0 Å². The molecule has 0 bridgehead atoms. The number of furan rings is 1. The Balaban J connectivity index is 1.95. The molecule has 0 aliphatic heterocycles. The lowest BCUT2D eigenvalue weighted by Crippen LogP contribution is -1.98. The smallest absolute Gasteiger partial charge is 0.129 e. The highest BCUT2D eigenvalue weighted by molar-refractivity contribution is 5.77. The third-order valence-corrected chi connectivity index (χ3v) is 3.66. The second-order valence-corrected chi connectivity index (χ2v) is 5.28. The van der Waals surface area contributed by atoms with Crippen LogP contribution >= 0.6 is 0 Å². The number of nitrogens with zero attached hydrogens (tertiary/aromatic N) is 2. The minimum atomic E-state index is 0.704. The summed E-state index contributed by atoms with van der Waals surface area (Å²) in [4.78, 5) is 0. The molecule has 0 atom stereocenters. The summed E-state index contributed by atoms with van der Waals surface area (Å²) in [6.45, 7) is 2.08. The van der Waals surface area contributed by atoms with Gasteiger partial charge in [-0.25, -0.2) is 0 Å². The fourth-order valence-electron chi connectivity index (χ4n) is 2.58. The Kier molecular flexibility index (Phi) is 3.52. The minimum Gasteiger partial charge on any atom is -0.469 e. The lowest BCUT2D eigenvalue weighted by atomic mass is 10.0. The van der Waals surface area contributed by atoms with E-state index in [0.29, 0.717) is 5.82 Å². The zero-order chi connectivity index (χ0) is 14.8. The van der Waals surface area contributed by atoms with Crippen molar-refractivity contribution in [1.29, 1.82) is 0 Å². The molecule has 4 nitrogen and oxygen atoms in total. The highest BCUT2D eigenvalue weighted by Gasteiger charge is 2.16. The Bertz CT molecular complexity index is 741. The maximum absolute atomic E-state index is 6.21. The van der Waals surface area contributed by atoms with Gasteiger partial charge in [-0.1, -0.05) is 29.8 Å². The number of aromatic nitrogens is 2. The van der Waals surface area contributed by atoms with Gasteiger partial charge in [0.05, 0.1) is 12.0 Å². The molecule has 0 amide bonds. The second-order valence-electron chi connectivity index (χ2n) is 5.28. The fourth-order valence-corrected chi connectivity index (χ4v) is 2.58. The monoisotopic (exact) mass is 281 g/mol. The zero-order valence-electron chi connectivity index (χ0n) is 12.3. The summed E-state index contributed by atoms with van der Waals surface area (Å²) >= 11 is 0. The minimum absolute atomic E-state index is 0.704. The highest BCUT2D eigenvalue weighted by atomic mass is 16.3. The van der Waals surface area contributed by atoms with Crippen molar-refractivity contribution in [3.8, 4) is 11.1 Å². The van der Waals surface area contributed by atoms with Crippen LogP contribution < -0.4 is 5.73 Å². The van der Waals surface area contributed by atoms with E-state index in [1.54, 1.807) is 10.9 Å². The number of rotatable bonds is 4. The number of benzene rings is 1. The summed E-state index contributed by atoms with van der Waals surface area (Å²) in [6.07, 6.45) is 3.33. The average molecular weight is 281 g/mol. The van der Waals surface area contributed by atoms with E-state index in [9.17, 15) is 0 Å². The Morgan fingerprint density at radius 3 is 2.76 bits per heavy atom. The van der Waals surface area contributed by atoms with E-state index in [0.717, 1.165) is 35.4 Å². The Morgan fingerprint density at radius 1 is 1.19 bits per heavy atom. The van der Waals surface area contributed by atoms with Gasteiger partial charge in [0.1, 0.15) is 11.6 Å². The van der Waals surface area contributed by atoms with Crippen LogP contribution in [0.25, 0.3) is 11.1 Å². The van der Waals surface area contributed by atoms with Crippen LogP contribution in [0.2, 0.25) is 0 Å². The van der Waals surface area contributed by atoms with Gasteiger partial charge in [0.2, 0.25) is 0 Å². The quantitative estimate of drug-likeness (QED) is 0.797. The molecule has 0 radical (unpaired) electrons. The molecule has 2 aromatic heterocycles. The van der Waals surface area contributed by atoms with Gasteiger partial charge in [0, 0.05) is 19.0 Å². The summed E-state index contributed by atoms with van der Waals surface area (Å²) in [5, 5.41) is 4.57. The van der Waals surface area contributed by atoms with E-state index in [1.165, 1.54) is 5.56 Å². The largest absolute Gasteiger partial charge is 0.469 e. The summed E-state index contributed by atoms with van der Waals surface area (Å²) in [5.41, 5.74) is 10.6. The van der Waals surface area contributed by atoms with Crippen LogP contribution in [0.5, 0.6) is 0 Å². The number of nitrogens with two attached hydrogens (primary N) is 1. The Hall–Kier alpha value is -2.49. The van der Waals surface area contributed by atoms with Crippen molar-refractivity contribution in [2.24, 2.45) is 7.05 Å². The topological polar surface area (TPSA) is 57.0 Å². The summed E-state index contributed by atoms with van der Waals surface area (Å²) < 4.78 is 7.14. The second kappa shape index (κ2) is 5.48. The van der Waals surface area contributed by atoms with E-state index in [2.05, 4.69) is 30.2 Å². The maximum Gasteiger partial charge on any atom is 0.129 e. The average Bonchev–Trinajstić information content (AvgIpc) is 3.06. The first-order valence-corrected chi connectivity index (χ1v) is 7.06. The van der Waals surface area contributed by atoms with E-state index < -0.39 is 0 Å². The summed E-state index contributed by atoms with van der Waals surface area (Å²) in [7, 11) is 1.88. The van der Waals surface area contributed by atoms with Gasteiger partial charge in [-0.2, -0.15) is 5.10 Å². The van der Waals surface area contributed by atoms with Gasteiger partial charge >= 0.3 is 0 Å². The van der Waals surface area contributed by atoms with Crippen LogP contribution in [-0.2, 0) is 19.9 Å². The number of anilines is 1. The number of aryl methyl sites for hydroxylation is 4. The van der Waals surface area contributed by atoms with Crippen molar-refractivity contribution in [2.75, 3.05) is 5.73 Å². The predicted molar refractivity (Wildman–Crippen MR) is 83.9 cm³/mol. The van der Waals surface area contributed by atoms with Crippen molar-refractivity contribution in [3.05, 3.63) is 59.7 Å². The third-order valence-electron chi connectivity index (χ3n) is 3.66. The van der Waals surface area contributed by atoms with Crippen molar-refractivity contribution in [2.45, 2.75) is 19.8 Å². The molecule has 1 aromatic carbocycles. The van der Waals surface area contributed by atoms with Crippen LogP contribution in [0.15, 0.2) is 47.1 Å². The van der Waals surface area contributed by atoms with Crippen molar-refractivity contribution in [3.63, 3.8) is 0 Å². The molecular weight excluding hydrogens is 262 g/mol. The van der Waals surface area contributed by atoms with Crippen molar-refractivity contribution in [1.82, 2.24) is 9.78 Å². The molecule has 0 aliphatic rings. The van der Waals surface area contributed by atoms with E-state index in [1.807, 2.05) is 25.2 Å². The van der Waals surface area contributed by atoms with Crippen LogP contribution in [0.4, 0.5) is 5.82 Å². The molecule has 3 rings (SSSR count). The molecule has 108 valence electrons. The predicted octanol–water partition coefficient (Wildman–Crippen LogP) is 3.36. The van der Waals surface area contributed by atoms with Crippen LogP contribution in [0, 0.1) is 6.92 Å². The molecule has 2 heterocycles. The molecule has 0 fully saturated rings. The lowest BCUT2D eigenvalue weighted by molar-refractivity contribution is 0.507. The highest BCUT2D eigenvalue weighted by Crippen LogP contribution is 2.30. The number of hydrogen-bond acceptors (Lipinski definition) is 3. The zero-order valence-corrected chi connectivity index (χ0v) is 12.3. The number of nitrogen functional groups attached to an aromatic ring is 1. The van der Waals surface area contributed by atoms with Crippen LogP contribution in [0.1, 0.15) is 17.0 Å². The van der Waals surface area contributed by atoms with Crippen molar-refractivity contribution >= 4 is 5.82 Å². The molecule has 4 heteroatoms. The lowest BCUT2D eigenvalue weighted by Gasteiger charge is -2.05. The third kappa shape index (κ3) is 2.70. The summed E-state index contributed by atoms with van der Waals surface area (Å²) in [6, 6.07) is 12.2. The first-order valence-electron chi connectivity index (χ1n) is 7.06. The van der Waals surface area contributed by atoms with Crippen molar-refractivity contribution < 1.29 is 4.42 Å². The molecule has 21 heavy (non-hydrogen) atoms. The van der Waals surface area contributed by atoms with Gasteiger partial charge in [-0.05, 0) is 31.0 Å². The molecule has 0 unspecified atom stereocenters. The maximum atomic E-state index is 6.21. The first-order chi connectivity index (χ1) is 10.1.